The van der Waals surface area contributed by atoms with E-state index in [2.05, 4.69) is 15.5 Å². The zero-order chi connectivity index (χ0) is 12.3. The molecule has 1 heterocycles. The van der Waals surface area contributed by atoms with Gasteiger partial charge in [0.1, 0.15) is 11.6 Å². The summed E-state index contributed by atoms with van der Waals surface area (Å²) in [6.07, 6.45) is 1.66. The van der Waals surface area contributed by atoms with Gasteiger partial charge in [-0.2, -0.15) is 5.10 Å². The molecule has 1 aromatic carbocycles. The summed E-state index contributed by atoms with van der Waals surface area (Å²) in [6.45, 7) is 2.28. The van der Waals surface area contributed by atoms with Crippen LogP contribution >= 0.6 is 0 Å². The Morgan fingerprint density at radius 3 is 2.82 bits per heavy atom. The van der Waals surface area contributed by atoms with Crippen LogP contribution in [0, 0.1) is 11.6 Å². The second-order valence-corrected chi connectivity index (χ2v) is 3.85. The molecule has 0 bridgehead atoms. The molecule has 0 fully saturated rings. The molecule has 2 rings (SSSR count). The minimum absolute atomic E-state index is 0.0296. The van der Waals surface area contributed by atoms with Crippen LogP contribution in [0.3, 0.4) is 0 Å². The van der Waals surface area contributed by atoms with Crippen LogP contribution in [0.4, 0.5) is 8.78 Å². The average molecular weight is 237 g/mol. The molecule has 0 saturated carbocycles. The minimum Gasteiger partial charge on any atom is -0.305 e. The summed E-state index contributed by atoms with van der Waals surface area (Å²) >= 11 is 0. The van der Waals surface area contributed by atoms with Gasteiger partial charge < -0.3 is 5.32 Å². The van der Waals surface area contributed by atoms with E-state index < -0.39 is 11.6 Å². The van der Waals surface area contributed by atoms with Crippen molar-refractivity contribution in [3.63, 3.8) is 0 Å². The summed E-state index contributed by atoms with van der Waals surface area (Å²) in [5.41, 5.74) is 1.37. The lowest BCUT2D eigenvalue weighted by molar-refractivity contribution is 0.527. The number of aromatic nitrogens is 2. The van der Waals surface area contributed by atoms with Crippen molar-refractivity contribution in [2.75, 3.05) is 0 Å². The maximum atomic E-state index is 13.3. The van der Waals surface area contributed by atoms with Crippen molar-refractivity contribution < 1.29 is 8.78 Å². The Bertz CT molecular complexity index is 483. The lowest BCUT2D eigenvalue weighted by atomic mass is 10.2. The van der Waals surface area contributed by atoms with Crippen LogP contribution in [-0.2, 0) is 6.54 Å². The topological polar surface area (TPSA) is 40.7 Å². The molecule has 0 aliphatic rings. The van der Waals surface area contributed by atoms with Crippen molar-refractivity contribution in [2.24, 2.45) is 0 Å². The van der Waals surface area contributed by atoms with E-state index in [0.717, 1.165) is 11.8 Å². The van der Waals surface area contributed by atoms with Crippen molar-refractivity contribution in [3.8, 4) is 0 Å². The number of benzene rings is 1. The average Bonchev–Trinajstić information content (AvgIpc) is 2.81. The Morgan fingerprint density at radius 1 is 1.35 bits per heavy atom. The largest absolute Gasteiger partial charge is 0.305 e. The Balaban J connectivity index is 1.98. The summed E-state index contributed by atoms with van der Waals surface area (Å²) in [5, 5.41) is 9.80. The van der Waals surface area contributed by atoms with Gasteiger partial charge in [-0.05, 0) is 19.1 Å². The number of aromatic amines is 1. The third kappa shape index (κ3) is 2.88. The van der Waals surface area contributed by atoms with E-state index in [9.17, 15) is 8.78 Å². The van der Waals surface area contributed by atoms with Crippen molar-refractivity contribution >= 4 is 0 Å². The molecule has 0 aliphatic carbocycles. The standard InChI is InChI=1S/C12H13F2N3/c1-8(12-4-5-16-17-12)15-7-9-2-3-10(13)6-11(9)14/h2-6,8,15H,7H2,1H3,(H,16,17). The SMILES string of the molecule is CC(NCc1ccc(F)cc1F)c1ccn[nH]1. The predicted molar refractivity (Wildman–Crippen MR) is 60.2 cm³/mol. The molecule has 17 heavy (non-hydrogen) atoms. The minimum atomic E-state index is -0.562. The van der Waals surface area contributed by atoms with E-state index in [1.807, 2.05) is 13.0 Å². The van der Waals surface area contributed by atoms with Crippen molar-refractivity contribution in [3.05, 3.63) is 53.4 Å². The number of nitrogens with zero attached hydrogens (tertiary/aromatic N) is 1. The molecule has 0 aliphatic heterocycles. The normalized spacial score (nSPS) is 12.6. The molecule has 1 atom stereocenters. The fourth-order valence-electron chi connectivity index (χ4n) is 1.55. The van der Waals surface area contributed by atoms with E-state index >= 15 is 0 Å². The molecule has 2 N–H and O–H groups in total. The fourth-order valence-corrected chi connectivity index (χ4v) is 1.55. The van der Waals surface area contributed by atoms with Gasteiger partial charge in [-0.15, -0.1) is 0 Å². The maximum Gasteiger partial charge on any atom is 0.130 e. The molecule has 0 saturated heterocycles. The van der Waals surface area contributed by atoms with E-state index in [1.54, 1.807) is 6.20 Å². The van der Waals surface area contributed by atoms with Crippen molar-refractivity contribution in [1.29, 1.82) is 0 Å². The van der Waals surface area contributed by atoms with Crippen molar-refractivity contribution in [2.45, 2.75) is 19.5 Å². The third-order valence-electron chi connectivity index (χ3n) is 2.60. The number of H-pyrrole nitrogens is 1. The molecule has 3 nitrogen and oxygen atoms in total. The van der Waals surface area contributed by atoms with Crippen LogP contribution in [0.15, 0.2) is 30.5 Å². The van der Waals surface area contributed by atoms with Gasteiger partial charge in [0.2, 0.25) is 0 Å². The van der Waals surface area contributed by atoms with Crippen LogP contribution in [0.2, 0.25) is 0 Å². The first-order valence-corrected chi connectivity index (χ1v) is 5.33. The number of hydrogen-bond donors (Lipinski definition) is 2. The third-order valence-corrected chi connectivity index (χ3v) is 2.60. The zero-order valence-electron chi connectivity index (χ0n) is 9.37. The number of halogens is 2. The predicted octanol–water partition coefficient (Wildman–Crippen LogP) is 2.54. The molecule has 0 amide bonds. The summed E-state index contributed by atoms with van der Waals surface area (Å²) in [7, 11) is 0. The molecule has 5 heteroatoms. The first-order chi connectivity index (χ1) is 8.16. The van der Waals surface area contributed by atoms with Gasteiger partial charge in [-0.25, -0.2) is 8.78 Å². The first-order valence-electron chi connectivity index (χ1n) is 5.33. The van der Waals surface area contributed by atoms with Crippen LogP contribution in [0.1, 0.15) is 24.2 Å². The van der Waals surface area contributed by atoms with Gasteiger partial charge >= 0.3 is 0 Å². The second kappa shape index (κ2) is 5.05. The lowest BCUT2D eigenvalue weighted by Crippen LogP contribution is -2.19. The van der Waals surface area contributed by atoms with Gasteiger partial charge in [0.15, 0.2) is 0 Å². The first kappa shape index (κ1) is 11.7. The van der Waals surface area contributed by atoms with Gasteiger partial charge in [-0.1, -0.05) is 6.07 Å². The quantitative estimate of drug-likeness (QED) is 0.857. The molecule has 0 radical (unpaired) electrons. The maximum absolute atomic E-state index is 13.3. The summed E-state index contributed by atoms with van der Waals surface area (Å²) < 4.78 is 26.0. The zero-order valence-corrected chi connectivity index (χ0v) is 9.37. The Hall–Kier alpha value is -1.75. The van der Waals surface area contributed by atoms with E-state index in [1.165, 1.54) is 12.1 Å². The van der Waals surface area contributed by atoms with Gasteiger partial charge in [0.05, 0.1) is 5.69 Å². The Labute approximate surface area is 97.9 Å². The van der Waals surface area contributed by atoms with E-state index in [0.29, 0.717) is 12.1 Å². The number of hydrogen-bond acceptors (Lipinski definition) is 2. The van der Waals surface area contributed by atoms with Gasteiger partial charge in [0, 0.05) is 30.4 Å². The summed E-state index contributed by atoms with van der Waals surface area (Å²) in [5.74, 6) is -1.10. The van der Waals surface area contributed by atoms with Crippen LogP contribution in [0.5, 0.6) is 0 Å². The number of nitrogens with one attached hydrogen (secondary N) is 2. The van der Waals surface area contributed by atoms with Gasteiger partial charge in [-0.3, -0.25) is 5.10 Å². The fraction of sp³-hybridized carbons (Fsp3) is 0.250. The van der Waals surface area contributed by atoms with Gasteiger partial charge in [0.25, 0.3) is 0 Å². The van der Waals surface area contributed by atoms with Crippen LogP contribution in [0.25, 0.3) is 0 Å². The Morgan fingerprint density at radius 2 is 2.18 bits per heavy atom. The van der Waals surface area contributed by atoms with Crippen LogP contribution < -0.4 is 5.32 Å². The highest BCUT2D eigenvalue weighted by Gasteiger charge is 2.08. The van der Waals surface area contributed by atoms with E-state index in [4.69, 9.17) is 0 Å². The monoisotopic (exact) mass is 237 g/mol. The lowest BCUT2D eigenvalue weighted by Gasteiger charge is -2.12. The molecule has 2 aromatic rings. The van der Waals surface area contributed by atoms with E-state index in [-0.39, 0.29) is 6.04 Å². The van der Waals surface area contributed by atoms with Crippen molar-refractivity contribution in [1.82, 2.24) is 15.5 Å². The molecule has 90 valence electrons. The molecular formula is C12H13F2N3. The molecule has 1 unspecified atom stereocenters. The molecule has 0 spiro atoms. The highest BCUT2D eigenvalue weighted by atomic mass is 19.1. The molecular weight excluding hydrogens is 224 g/mol. The second-order valence-electron chi connectivity index (χ2n) is 3.85. The number of rotatable bonds is 4. The Kier molecular flexibility index (Phi) is 3.49. The summed E-state index contributed by atoms with van der Waals surface area (Å²) in [6, 6.07) is 5.46. The highest BCUT2D eigenvalue weighted by Crippen LogP contribution is 2.12. The summed E-state index contributed by atoms with van der Waals surface area (Å²) in [4.78, 5) is 0. The highest BCUT2D eigenvalue weighted by molar-refractivity contribution is 5.18. The van der Waals surface area contributed by atoms with Crippen LogP contribution in [-0.4, -0.2) is 10.2 Å². The molecule has 1 aromatic heterocycles. The smallest absolute Gasteiger partial charge is 0.130 e.